The molecule has 0 aliphatic rings. The average Bonchev–Trinajstić information content (AvgIpc) is 3.48. The van der Waals surface area contributed by atoms with Crippen molar-refractivity contribution in [1.82, 2.24) is 4.68 Å². The molecule has 0 fully saturated rings. The number of rotatable bonds is 7. The van der Waals surface area contributed by atoms with E-state index in [0.717, 1.165) is 5.69 Å². The van der Waals surface area contributed by atoms with Crippen molar-refractivity contribution in [2.75, 3.05) is 21.3 Å². The molecule has 2 aromatic carbocycles. The normalized spacial score (nSPS) is 11.8. The first-order chi connectivity index (χ1) is 16.0. The predicted molar refractivity (Wildman–Crippen MR) is 131 cm³/mol. The molecule has 0 aliphatic carbocycles. The lowest BCUT2D eigenvalue weighted by atomic mass is 10.2. The molecule has 0 saturated carbocycles. The fraction of sp³-hybridized carbons (Fsp3) is 0.130. The molecule has 0 atom stereocenters. The minimum absolute atomic E-state index is 0.438. The van der Waals surface area contributed by atoms with Crippen LogP contribution in [0, 0.1) is 0 Å². The third kappa shape index (κ3) is 4.93. The van der Waals surface area contributed by atoms with E-state index in [1.165, 1.54) is 11.3 Å². The second-order valence-corrected chi connectivity index (χ2v) is 8.27. The van der Waals surface area contributed by atoms with Crippen LogP contribution in [-0.4, -0.2) is 32.2 Å². The van der Waals surface area contributed by atoms with E-state index in [-0.39, 0.29) is 0 Å². The summed E-state index contributed by atoms with van der Waals surface area (Å²) in [7, 11) is 4.71. The topological polar surface area (TPSA) is 70.5 Å². The molecular weight excluding hydrogens is 485 g/mol. The van der Waals surface area contributed by atoms with Gasteiger partial charge in [-0.3, -0.25) is 0 Å². The van der Waals surface area contributed by atoms with Crippen LogP contribution in [0.25, 0.3) is 11.5 Å². The fourth-order valence-electron chi connectivity index (χ4n) is 3.03. The summed E-state index contributed by atoms with van der Waals surface area (Å²) in [5.41, 5.74) is 1.99. The molecule has 0 saturated heterocycles. The largest absolute Gasteiger partial charge is 0.496 e. The molecule has 4 aromatic rings. The number of hydrogen-bond donors (Lipinski definition) is 0. The fourth-order valence-corrected chi connectivity index (χ4v) is 4.31. The van der Waals surface area contributed by atoms with Crippen molar-refractivity contribution < 1.29 is 18.6 Å². The van der Waals surface area contributed by atoms with E-state index in [1.54, 1.807) is 68.8 Å². The van der Waals surface area contributed by atoms with E-state index < -0.39 is 0 Å². The van der Waals surface area contributed by atoms with Crippen molar-refractivity contribution in [2.24, 2.45) is 10.1 Å². The van der Waals surface area contributed by atoms with Gasteiger partial charge in [0.1, 0.15) is 11.4 Å². The lowest BCUT2D eigenvalue weighted by molar-refractivity contribution is 0.349. The maximum atomic E-state index is 6.33. The Balaban J connectivity index is 1.86. The minimum atomic E-state index is 0.438. The SMILES string of the molecule is COc1cc(OC)c(OC)cc1C=Nn1c(-c2ccco2)csc1=Nc1ccc(Cl)cc1Cl. The minimum Gasteiger partial charge on any atom is -0.496 e. The summed E-state index contributed by atoms with van der Waals surface area (Å²) in [6, 6.07) is 12.3. The van der Waals surface area contributed by atoms with Gasteiger partial charge in [0.2, 0.25) is 4.80 Å². The molecule has 170 valence electrons. The lowest BCUT2D eigenvalue weighted by Crippen LogP contribution is -2.11. The van der Waals surface area contributed by atoms with Gasteiger partial charge < -0.3 is 18.6 Å². The van der Waals surface area contributed by atoms with Crippen LogP contribution in [0.2, 0.25) is 10.0 Å². The molecule has 0 N–H and O–H groups in total. The Bertz CT molecular complexity index is 1360. The number of benzene rings is 2. The molecule has 2 heterocycles. The number of furan rings is 1. The smallest absolute Gasteiger partial charge is 0.211 e. The molecule has 0 aliphatic heterocycles. The van der Waals surface area contributed by atoms with E-state index in [9.17, 15) is 0 Å². The quantitative estimate of drug-likeness (QED) is 0.279. The van der Waals surface area contributed by atoms with Crippen LogP contribution in [0.5, 0.6) is 17.2 Å². The van der Waals surface area contributed by atoms with Gasteiger partial charge in [0, 0.05) is 22.0 Å². The Kier molecular flexibility index (Phi) is 7.08. The maximum absolute atomic E-state index is 6.33. The van der Waals surface area contributed by atoms with Crippen LogP contribution in [0.4, 0.5) is 5.69 Å². The Hall–Kier alpha value is -3.20. The maximum Gasteiger partial charge on any atom is 0.211 e. The molecular formula is C23H19Cl2N3O4S. The Morgan fingerprint density at radius 2 is 1.73 bits per heavy atom. The first-order valence-electron chi connectivity index (χ1n) is 9.62. The van der Waals surface area contributed by atoms with Crippen molar-refractivity contribution in [3.8, 4) is 28.7 Å². The van der Waals surface area contributed by atoms with Crippen LogP contribution in [0.1, 0.15) is 5.56 Å². The van der Waals surface area contributed by atoms with Crippen LogP contribution >= 0.6 is 34.5 Å². The third-order valence-corrected chi connectivity index (χ3v) is 5.99. The number of ether oxygens (including phenoxy) is 3. The molecule has 33 heavy (non-hydrogen) atoms. The molecule has 0 bridgehead atoms. The van der Waals surface area contributed by atoms with Gasteiger partial charge in [-0.1, -0.05) is 23.2 Å². The first-order valence-corrected chi connectivity index (χ1v) is 11.3. The van der Waals surface area contributed by atoms with E-state index in [0.29, 0.717) is 49.1 Å². The van der Waals surface area contributed by atoms with Gasteiger partial charge in [-0.2, -0.15) is 5.10 Å². The number of thiazole rings is 1. The standard InChI is InChI=1S/C23H19Cl2N3O4S/c1-29-20-11-22(31-3)21(30-2)9-14(20)12-26-28-18(19-5-4-8-32-19)13-33-23(28)27-17-7-6-15(24)10-16(17)25/h4-13H,1-3H3. The number of nitrogens with zero attached hydrogens (tertiary/aromatic N) is 3. The van der Waals surface area contributed by atoms with Crippen LogP contribution < -0.4 is 19.0 Å². The molecule has 0 amide bonds. The molecule has 10 heteroatoms. The van der Waals surface area contributed by atoms with Gasteiger partial charge in [-0.15, -0.1) is 11.3 Å². The van der Waals surface area contributed by atoms with Crippen LogP contribution in [0.15, 0.2) is 68.6 Å². The Morgan fingerprint density at radius 3 is 2.39 bits per heavy atom. The molecule has 4 rings (SSSR count). The van der Waals surface area contributed by atoms with E-state index >= 15 is 0 Å². The molecule has 7 nitrogen and oxygen atoms in total. The second-order valence-electron chi connectivity index (χ2n) is 6.59. The zero-order chi connectivity index (χ0) is 23.4. The third-order valence-electron chi connectivity index (χ3n) is 4.63. The Morgan fingerprint density at radius 1 is 0.970 bits per heavy atom. The Labute approximate surface area is 204 Å². The monoisotopic (exact) mass is 503 g/mol. The molecule has 0 spiro atoms. The summed E-state index contributed by atoms with van der Waals surface area (Å²) in [4.78, 5) is 5.27. The van der Waals surface area contributed by atoms with Gasteiger partial charge in [-0.25, -0.2) is 9.67 Å². The highest BCUT2D eigenvalue weighted by atomic mass is 35.5. The van der Waals surface area contributed by atoms with Crippen molar-refractivity contribution in [1.29, 1.82) is 0 Å². The van der Waals surface area contributed by atoms with Gasteiger partial charge in [0.15, 0.2) is 17.3 Å². The number of aromatic nitrogens is 1. The van der Waals surface area contributed by atoms with E-state index in [1.807, 2.05) is 17.5 Å². The highest BCUT2D eigenvalue weighted by molar-refractivity contribution is 7.07. The summed E-state index contributed by atoms with van der Waals surface area (Å²) in [5, 5.41) is 7.56. The first kappa shape index (κ1) is 23.0. The van der Waals surface area contributed by atoms with E-state index in [4.69, 9.17) is 41.8 Å². The van der Waals surface area contributed by atoms with Crippen molar-refractivity contribution in [2.45, 2.75) is 0 Å². The highest BCUT2D eigenvalue weighted by Crippen LogP contribution is 2.34. The van der Waals surface area contributed by atoms with Crippen molar-refractivity contribution >= 4 is 46.4 Å². The highest BCUT2D eigenvalue weighted by Gasteiger charge is 2.13. The van der Waals surface area contributed by atoms with E-state index in [2.05, 4.69) is 10.1 Å². The second kappa shape index (κ2) is 10.2. The molecule has 0 radical (unpaired) electrons. The predicted octanol–water partition coefficient (Wildman–Crippen LogP) is 6.26. The van der Waals surface area contributed by atoms with Crippen molar-refractivity contribution in [3.63, 3.8) is 0 Å². The van der Waals surface area contributed by atoms with Crippen LogP contribution in [-0.2, 0) is 0 Å². The van der Waals surface area contributed by atoms with Gasteiger partial charge in [0.05, 0.1) is 44.5 Å². The number of hydrogen-bond acceptors (Lipinski definition) is 7. The zero-order valence-electron chi connectivity index (χ0n) is 17.9. The average molecular weight is 504 g/mol. The molecule has 2 aromatic heterocycles. The summed E-state index contributed by atoms with van der Waals surface area (Å²) in [6.07, 6.45) is 3.26. The van der Waals surface area contributed by atoms with Gasteiger partial charge in [0.25, 0.3) is 0 Å². The molecule has 0 unspecified atom stereocenters. The van der Waals surface area contributed by atoms with Crippen molar-refractivity contribution in [3.05, 3.63) is 74.5 Å². The van der Waals surface area contributed by atoms with Gasteiger partial charge in [-0.05, 0) is 36.4 Å². The van der Waals surface area contributed by atoms with Gasteiger partial charge >= 0.3 is 0 Å². The number of methoxy groups -OCH3 is 3. The summed E-state index contributed by atoms with van der Waals surface area (Å²) in [5.74, 6) is 2.33. The summed E-state index contributed by atoms with van der Waals surface area (Å²) >= 11 is 13.7. The van der Waals surface area contributed by atoms with Crippen LogP contribution in [0.3, 0.4) is 0 Å². The summed E-state index contributed by atoms with van der Waals surface area (Å²) < 4.78 is 23.5. The zero-order valence-corrected chi connectivity index (χ0v) is 20.2. The number of halogens is 2. The summed E-state index contributed by atoms with van der Waals surface area (Å²) in [6.45, 7) is 0. The lowest BCUT2D eigenvalue weighted by Gasteiger charge is -2.11.